The molecule has 1 aliphatic rings. The van der Waals surface area contributed by atoms with E-state index in [-0.39, 0.29) is 29.1 Å². The van der Waals surface area contributed by atoms with E-state index >= 15 is 0 Å². The van der Waals surface area contributed by atoms with Crippen molar-refractivity contribution < 1.29 is 9.31 Å². The van der Waals surface area contributed by atoms with E-state index in [1.165, 1.54) is 18.5 Å². The largest absolute Gasteiger partial charge is 0.361 e. The van der Waals surface area contributed by atoms with Crippen molar-refractivity contribution in [1.82, 2.24) is 9.97 Å². The third kappa shape index (κ3) is 3.36. The number of aromatic nitrogens is 2. The summed E-state index contributed by atoms with van der Waals surface area (Å²) in [5.74, 6) is -0.378. The summed E-state index contributed by atoms with van der Waals surface area (Å²) in [6.07, 6.45) is 5.33. The summed E-state index contributed by atoms with van der Waals surface area (Å²) in [7, 11) is 0. The predicted molar refractivity (Wildman–Crippen MR) is 84.2 cm³/mol. The third-order valence-corrected chi connectivity index (χ3v) is 3.83. The van der Waals surface area contributed by atoms with Crippen molar-refractivity contribution in [3.63, 3.8) is 0 Å². The summed E-state index contributed by atoms with van der Waals surface area (Å²) in [6, 6.07) is 6.11. The van der Waals surface area contributed by atoms with Gasteiger partial charge >= 0.3 is 5.69 Å². The van der Waals surface area contributed by atoms with Gasteiger partial charge in [-0.25, -0.2) is 14.4 Å². The van der Waals surface area contributed by atoms with Crippen LogP contribution in [0.1, 0.15) is 25.7 Å². The molecule has 0 bridgehead atoms. The Hall–Kier alpha value is -2.77. The van der Waals surface area contributed by atoms with E-state index in [0.717, 1.165) is 25.7 Å². The van der Waals surface area contributed by atoms with Crippen LogP contribution in [-0.2, 0) is 0 Å². The normalized spacial score (nSPS) is 14.7. The quantitative estimate of drug-likeness (QED) is 0.646. The van der Waals surface area contributed by atoms with Gasteiger partial charge in [-0.15, -0.1) is 0 Å². The average Bonchev–Trinajstić information content (AvgIpc) is 3.02. The minimum Gasteiger partial charge on any atom is -0.361 e. The highest BCUT2D eigenvalue weighted by atomic mass is 19.1. The Kier molecular flexibility index (Phi) is 4.31. The van der Waals surface area contributed by atoms with Gasteiger partial charge in [0.1, 0.15) is 12.1 Å². The van der Waals surface area contributed by atoms with Crippen LogP contribution in [0.5, 0.6) is 0 Å². The highest BCUT2D eigenvalue weighted by Crippen LogP contribution is 2.33. The zero-order valence-corrected chi connectivity index (χ0v) is 12.3. The lowest BCUT2D eigenvalue weighted by Gasteiger charge is -2.14. The molecule has 1 saturated carbocycles. The lowest BCUT2D eigenvalue weighted by atomic mass is 10.2. The second-order valence-electron chi connectivity index (χ2n) is 5.41. The second kappa shape index (κ2) is 6.55. The molecule has 0 atom stereocenters. The van der Waals surface area contributed by atoms with Crippen LogP contribution in [-0.4, -0.2) is 20.9 Å². The molecule has 1 fully saturated rings. The highest BCUT2D eigenvalue weighted by Gasteiger charge is 2.26. The Morgan fingerprint density at radius 1 is 1.17 bits per heavy atom. The van der Waals surface area contributed by atoms with Gasteiger partial charge in [0.15, 0.2) is 0 Å². The van der Waals surface area contributed by atoms with Crippen LogP contribution in [0.3, 0.4) is 0 Å². The molecule has 1 aromatic heterocycles. The number of nitrogens with zero attached hydrogens (tertiary/aromatic N) is 3. The van der Waals surface area contributed by atoms with Crippen LogP contribution in [0.2, 0.25) is 0 Å². The van der Waals surface area contributed by atoms with Gasteiger partial charge in [-0.1, -0.05) is 25.0 Å². The maximum atomic E-state index is 13.7. The molecule has 2 N–H and O–H groups in total. The maximum absolute atomic E-state index is 13.7. The molecule has 0 radical (unpaired) electrons. The van der Waals surface area contributed by atoms with Crippen molar-refractivity contribution in [2.45, 2.75) is 31.7 Å². The highest BCUT2D eigenvalue weighted by molar-refractivity contribution is 5.74. The minimum atomic E-state index is -0.555. The van der Waals surface area contributed by atoms with Gasteiger partial charge < -0.3 is 10.6 Å². The summed E-state index contributed by atoms with van der Waals surface area (Å²) in [6.45, 7) is 0. The minimum absolute atomic E-state index is 0.0319. The number of nitrogens with one attached hydrogen (secondary N) is 2. The Bertz CT molecular complexity index is 719. The number of hydrogen-bond donors (Lipinski definition) is 2. The first kappa shape index (κ1) is 15.1. The Labute approximate surface area is 132 Å². The van der Waals surface area contributed by atoms with Gasteiger partial charge in [-0.2, -0.15) is 0 Å². The van der Waals surface area contributed by atoms with Gasteiger partial charge in [0.25, 0.3) is 0 Å². The molecule has 0 aliphatic heterocycles. The van der Waals surface area contributed by atoms with Crippen LogP contribution in [0.25, 0.3) is 0 Å². The number of para-hydroxylation sites is 1. The molecule has 1 aromatic carbocycles. The van der Waals surface area contributed by atoms with Gasteiger partial charge in [0.05, 0.1) is 10.6 Å². The molecule has 0 unspecified atom stereocenters. The Morgan fingerprint density at radius 2 is 1.87 bits per heavy atom. The number of hydrogen-bond acceptors (Lipinski definition) is 6. The summed E-state index contributed by atoms with van der Waals surface area (Å²) < 4.78 is 13.7. The average molecular weight is 317 g/mol. The smallest absolute Gasteiger partial charge is 0.353 e. The molecular formula is C15H16FN5O2. The van der Waals surface area contributed by atoms with Crippen molar-refractivity contribution in [1.29, 1.82) is 0 Å². The topological polar surface area (TPSA) is 93.0 Å². The van der Waals surface area contributed by atoms with E-state index in [1.54, 1.807) is 12.1 Å². The van der Waals surface area contributed by atoms with E-state index in [2.05, 4.69) is 20.6 Å². The van der Waals surface area contributed by atoms with E-state index in [1.807, 2.05) is 0 Å². The molecule has 1 heterocycles. The summed E-state index contributed by atoms with van der Waals surface area (Å²) in [5, 5.41) is 17.2. The Balaban J connectivity index is 1.93. The molecule has 1 aliphatic carbocycles. The first-order chi connectivity index (χ1) is 11.1. The van der Waals surface area contributed by atoms with Crippen molar-refractivity contribution in [2.24, 2.45) is 0 Å². The van der Waals surface area contributed by atoms with Crippen molar-refractivity contribution >= 4 is 23.0 Å². The van der Waals surface area contributed by atoms with Gasteiger partial charge in [0.2, 0.25) is 11.6 Å². The number of anilines is 3. The third-order valence-electron chi connectivity index (χ3n) is 3.83. The van der Waals surface area contributed by atoms with Gasteiger partial charge in [-0.3, -0.25) is 10.1 Å². The molecular weight excluding hydrogens is 301 g/mol. The zero-order chi connectivity index (χ0) is 16.2. The van der Waals surface area contributed by atoms with E-state index in [9.17, 15) is 14.5 Å². The molecule has 8 heteroatoms. The van der Waals surface area contributed by atoms with Crippen LogP contribution < -0.4 is 10.6 Å². The molecule has 0 saturated heterocycles. The van der Waals surface area contributed by atoms with Gasteiger partial charge in [0, 0.05) is 6.04 Å². The molecule has 3 rings (SSSR count). The molecule has 120 valence electrons. The van der Waals surface area contributed by atoms with Crippen molar-refractivity contribution in [3.8, 4) is 0 Å². The Morgan fingerprint density at radius 3 is 2.57 bits per heavy atom. The fourth-order valence-electron chi connectivity index (χ4n) is 2.70. The molecule has 23 heavy (non-hydrogen) atoms. The first-order valence-electron chi connectivity index (χ1n) is 7.42. The van der Waals surface area contributed by atoms with Crippen molar-refractivity contribution in [3.05, 3.63) is 46.5 Å². The number of halogens is 1. The number of benzene rings is 1. The first-order valence-corrected chi connectivity index (χ1v) is 7.42. The van der Waals surface area contributed by atoms with E-state index in [0.29, 0.717) is 0 Å². The fourth-order valence-corrected chi connectivity index (χ4v) is 2.70. The summed E-state index contributed by atoms with van der Waals surface area (Å²) in [4.78, 5) is 18.8. The summed E-state index contributed by atoms with van der Waals surface area (Å²) >= 11 is 0. The standard InChI is InChI=1S/C15H16FN5O2/c16-11-7-3-4-8-12(11)20-15-13(21(22)23)14(17-9-18-15)19-10-5-1-2-6-10/h3-4,7-10H,1-2,5-6H2,(H2,17,18,19,20). The SMILES string of the molecule is O=[N+]([O-])c1c(Nc2ccccc2F)ncnc1NC1CCCC1. The number of nitro groups is 1. The zero-order valence-electron chi connectivity index (χ0n) is 12.3. The van der Waals surface area contributed by atoms with Gasteiger partial charge in [-0.05, 0) is 25.0 Å². The van der Waals surface area contributed by atoms with Crippen LogP contribution in [0, 0.1) is 15.9 Å². The van der Waals surface area contributed by atoms with E-state index < -0.39 is 10.7 Å². The molecule has 7 nitrogen and oxygen atoms in total. The van der Waals surface area contributed by atoms with E-state index in [4.69, 9.17) is 0 Å². The fraction of sp³-hybridized carbons (Fsp3) is 0.333. The lowest BCUT2D eigenvalue weighted by molar-refractivity contribution is -0.383. The molecule has 0 amide bonds. The predicted octanol–water partition coefficient (Wildman–Crippen LogP) is 3.62. The van der Waals surface area contributed by atoms with Crippen LogP contribution in [0.15, 0.2) is 30.6 Å². The lowest BCUT2D eigenvalue weighted by Crippen LogP contribution is -2.17. The molecule has 2 aromatic rings. The monoisotopic (exact) mass is 317 g/mol. The second-order valence-corrected chi connectivity index (χ2v) is 5.41. The van der Waals surface area contributed by atoms with Crippen molar-refractivity contribution in [2.75, 3.05) is 10.6 Å². The number of rotatable bonds is 5. The van der Waals surface area contributed by atoms with Crippen LogP contribution >= 0.6 is 0 Å². The summed E-state index contributed by atoms with van der Waals surface area (Å²) in [5.41, 5.74) is -0.149. The van der Waals surface area contributed by atoms with Crippen LogP contribution in [0.4, 0.5) is 27.4 Å². The molecule has 0 spiro atoms. The maximum Gasteiger partial charge on any atom is 0.353 e.